The van der Waals surface area contributed by atoms with Gasteiger partial charge >= 0.3 is 0 Å². The SMILES string of the molecule is Cc1cc2c(o1)C1(c3ccccc3-c3cc4c5c(sc4cc31)B1c3ccc(C(C)(C)C)cc3N(c3ccc(C(C)(C)C)cc3)c3cc(C(C)(C)C)cc(c31)N5c1ccc(C(C)(C)C)cc1)c1ccccc1-2. The maximum absolute atomic E-state index is 6.93. The van der Waals surface area contributed by atoms with E-state index in [0.29, 0.717) is 0 Å². The molecule has 0 radical (unpaired) electrons. The lowest BCUT2D eigenvalue weighted by Gasteiger charge is -2.44. The van der Waals surface area contributed by atoms with E-state index in [1.807, 2.05) is 11.3 Å². The molecule has 13 rings (SSSR count). The number of nitrogens with zero attached hydrogens (tertiary/aromatic N) is 2. The summed E-state index contributed by atoms with van der Waals surface area (Å²) >= 11 is 1.99. The van der Waals surface area contributed by atoms with Gasteiger partial charge in [0.25, 0.3) is 6.71 Å². The first kappa shape index (κ1) is 44.4. The van der Waals surface area contributed by atoms with Crippen LogP contribution < -0.4 is 25.5 Å². The van der Waals surface area contributed by atoms with Gasteiger partial charge in [-0.1, -0.05) is 168 Å². The Morgan fingerprint density at radius 3 is 1.55 bits per heavy atom. The molecule has 7 aromatic carbocycles. The molecule has 4 aliphatic rings. The molecule has 9 aromatic rings. The highest BCUT2D eigenvalue weighted by Crippen LogP contribution is 2.64. The Balaban J connectivity index is 1.15. The van der Waals surface area contributed by atoms with Crippen LogP contribution >= 0.6 is 11.3 Å². The highest BCUT2D eigenvalue weighted by atomic mass is 32.1. The predicted octanol–water partition coefficient (Wildman–Crippen LogP) is 16.4. The van der Waals surface area contributed by atoms with E-state index in [1.54, 1.807) is 0 Å². The van der Waals surface area contributed by atoms with E-state index in [-0.39, 0.29) is 28.4 Å². The van der Waals surface area contributed by atoms with Crippen LogP contribution in [0.5, 0.6) is 0 Å². The quantitative estimate of drug-likeness (QED) is 0.161. The van der Waals surface area contributed by atoms with Gasteiger partial charge in [0.15, 0.2) is 0 Å². The van der Waals surface area contributed by atoms with Gasteiger partial charge in [0.05, 0.1) is 5.69 Å². The molecule has 0 saturated carbocycles. The molecule has 3 nitrogen and oxygen atoms in total. The molecule has 0 N–H and O–H groups in total. The third-order valence-electron chi connectivity index (χ3n) is 16.4. The standard InChI is InChI=1S/C66H63BN2OS/c1-38-32-48-46-19-15-17-21-51(46)66(60(48)70-38)50-20-16-14-18-45(50)47-36-49-57(37-52(47)66)71-61-59(49)69(44-29-24-40(25-30-44)63(5,6)7)56-35-42(65(11,12)13)34-55-58(56)67(61)53-31-26-41(64(8,9)10)33-54(53)68(55)43-27-22-39(23-28-43)62(2,3)4/h14-37H,1-13H3. The van der Waals surface area contributed by atoms with Crippen molar-refractivity contribution in [1.82, 2.24) is 0 Å². The average molecular weight is 943 g/mol. The summed E-state index contributed by atoms with van der Waals surface area (Å²) in [6.45, 7) is 30.1. The number of anilines is 6. The molecule has 0 bridgehead atoms. The maximum atomic E-state index is 6.93. The molecule has 71 heavy (non-hydrogen) atoms. The molecule has 5 heteroatoms. The van der Waals surface area contributed by atoms with E-state index in [0.717, 1.165) is 11.5 Å². The fourth-order valence-electron chi connectivity index (χ4n) is 12.6. The number of thiophene rings is 1. The van der Waals surface area contributed by atoms with Gasteiger partial charge in [0.2, 0.25) is 0 Å². The molecule has 0 saturated heterocycles. The van der Waals surface area contributed by atoms with Gasteiger partial charge in [-0.25, -0.2) is 0 Å². The van der Waals surface area contributed by atoms with E-state index in [9.17, 15) is 0 Å². The van der Waals surface area contributed by atoms with Crippen LogP contribution in [0, 0.1) is 6.92 Å². The molecule has 0 amide bonds. The lowest BCUT2D eigenvalue weighted by Crippen LogP contribution is -2.60. The van der Waals surface area contributed by atoms with Crippen LogP contribution in [0.2, 0.25) is 0 Å². The van der Waals surface area contributed by atoms with Crippen molar-refractivity contribution in [1.29, 1.82) is 0 Å². The summed E-state index contributed by atoms with van der Waals surface area (Å²) in [5, 5.41) is 1.29. The van der Waals surface area contributed by atoms with Gasteiger partial charge in [0, 0.05) is 48.9 Å². The van der Waals surface area contributed by atoms with Crippen molar-refractivity contribution in [2.75, 3.05) is 9.80 Å². The number of fused-ring (bicyclic) bond motifs is 16. The van der Waals surface area contributed by atoms with E-state index in [4.69, 9.17) is 4.42 Å². The molecule has 1 unspecified atom stereocenters. The minimum atomic E-state index is -0.561. The number of furan rings is 1. The van der Waals surface area contributed by atoms with Crippen LogP contribution in [0.25, 0.3) is 32.3 Å². The third-order valence-corrected chi connectivity index (χ3v) is 17.6. The maximum Gasteiger partial charge on any atom is 0.264 e. The molecule has 2 aromatic heterocycles. The van der Waals surface area contributed by atoms with Crippen LogP contribution in [0.15, 0.2) is 150 Å². The molecule has 4 heterocycles. The summed E-state index contributed by atoms with van der Waals surface area (Å²) in [5.41, 5.74) is 23.7. The summed E-state index contributed by atoms with van der Waals surface area (Å²) in [6, 6.07) is 56.9. The second kappa shape index (κ2) is 14.5. The number of hydrogen-bond acceptors (Lipinski definition) is 4. The molecule has 2 aliphatic carbocycles. The number of hydrogen-bond donors (Lipinski definition) is 0. The topological polar surface area (TPSA) is 19.6 Å². The zero-order valence-electron chi connectivity index (χ0n) is 43.6. The van der Waals surface area contributed by atoms with Crippen molar-refractivity contribution in [3.05, 3.63) is 196 Å². The first-order valence-electron chi connectivity index (χ1n) is 25.7. The van der Waals surface area contributed by atoms with Crippen LogP contribution in [0.1, 0.15) is 134 Å². The second-order valence-electron chi connectivity index (χ2n) is 25.0. The highest BCUT2D eigenvalue weighted by Gasteiger charge is 2.55. The van der Waals surface area contributed by atoms with Crippen LogP contribution in [-0.4, -0.2) is 6.71 Å². The Kier molecular flexibility index (Phi) is 9.09. The Morgan fingerprint density at radius 2 is 0.972 bits per heavy atom. The van der Waals surface area contributed by atoms with Crippen LogP contribution in [0.3, 0.4) is 0 Å². The summed E-state index contributed by atoms with van der Waals surface area (Å²) in [4.78, 5) is 5.26. The van der Waals surface area contributed by atoms with Crippen molar-refractivity contribution >= 4 is 78.0 Å². The smallest absolute Gasteiger partial charge is 0.264 e. The Bertz CT molecular complexity index is 3710. The summed E-state index contributed by atoms with van der Waals surface area (Å²) in [6.07, 6.45) is 0. The van der Waals surface area contributed by atoms with E-state index < -0.39 is 5.41 Å². The van der Waals surface area contributed by atoms with Crippen molar-refractivity contribution in [3.8, 4) is 22.3 Å². The van der Waals surface area contributed by atoms with E-state index in [1.165, 1.54) is 121 Å². The largest absolute Gasteiger partial charge is 0.464 e. The second-order valence-corrected chi connectivity index (χ2v) is 26.1. The minimum absolute atomic E-state index is 0.00301. The van der Waals surface area contributed by atoms with Crippen LogP contribution in [0.4, 0.5) is 34.1 Å². The first-order valence-corrected chi connectivity index (χ1v) is 26.5. The number of benzene rings is 7. The zero-order chi connectivity index (χ0) is 49.5. The number of aryl methyl sites for hydroxylation is 1. The minimum Gasteiger partial charge on any atom is -0.464 e. The molecule has 1 spiro atoms. The Hall–Kier alpha value is -6.56. The zero-order valence-corrected chi connectivity index (χ0v) is 44.5. The number of rotatable bonds is 2. The first-order chi connectivity index (χ1) is 33.6. The van der Waals surface area contributed by atoms with Gasteiger partial charge in [-0.3, -0.25) is 0 Å². The molecule has 1 atom stereocenters. The van der Waals surface area contributed by atoms with Gasteiger partial charge in [-0.05, 0) is 156 Å². The fourth-order valence-corrected chi connectivity index (χ4v) is 13.9. The Morgan fingerprint density at radius 1 is 0.465 bits per heavy atom. The van der Waals surface area contributed by atoms with E-state index in [2.05, 4.69) is 245 Å². The van der Waals surface area contributed by atoms with E-state index >= 15 is 0 Å². The van der Waals surface area contributed by atoms with Gasteiger partial charge in [0.1, 0.15) is 16.9 Å². The van der Waals surface area contributed by atoms with Gasteiger partial charge in [-0.2, -0.15) is 0 Å². The van der Waals surface area contributed by atoms with Gasteiger partial charge < -0.3 is 14.2 Å². The summed E-state index contributed by atoms with van der Waals surface area (Å²) in [5.74, 6) is 1.99. The van der Waals surface area contributed by atoms with Crippen molar-refractivity contribution < 1.29 is 4.42 Å². The predicted molar refractivity (Wildman–Crippen MR) is 304 cm³/mol. The highest BCUT2D eigenvalue weighted by molar-refractivity contribution is 7.33. The van der Waals surface area contributed by atoms with Crippen LogP contribution in [-0.2, 0) is 27.1 Å². The lowest BCUT2D eigenvalue weighted by atomic mass is 9.36. The summed E-state index contributed by atoms with van der Waals surface area (Å²) < 4.78 is 9.61. The monoisotopic (exact) mass is 942 g/mol. The molecular weight excluding hydrogens is 880 g/mol. The van der Waals surface area contributed by atoms with Gasteiger partial charge in [-0.15, -0.1) is 11.3 Å². The molecular formula is C66H63BN2OS. The molecule has 0 fully saturated rings. The third kappa shape index (κ3) is 6.21. The van der Waals surface area contributed by atoms with Crippen molar-refractivity contribution in [3.63, 3.8) is 0 Å². The molecule has 2 aliphatic heterocycles. The summed E-state index contributed by atoms with van der Waals surface area (Å²) in [7, 11) is 0. The lowest BCUT2D eigenvalue weighted by molar-refractivity contribution is 0.452. The molecule has 352 valence electrons. The normalized spacial score (nSPS) is 16.5. The Labute approximate surface area is 425 Å². The average Bonchev–Trinajstić information content (AvgIpc) is 4.04. The fraction of sp³-hybridized carbons (Fsp3) is 0.273. The van der Waals surface area contributed by atoms with Crippen molar-refractivity contribution in [2.45, 2.75) is 117 Å². The van der Waals surface area contributed by atoms with Crippen molar-refractivity contribution in [2.24, 2.45) is 0 Å².